The van der Waals surface area contributed by atoms with Crippen molar-refractivity contribution in [2.45, 2.75) is 46.5 Å². The Hall–Kier alpha value is -0.620. The Labute approximate surface area is 117 Å². The summed E-state index contributed by atoms with van der Waals surface area (Å²) in [6.07, 6.45) is 2.78. The Balaban J connectivity index is 4.18. The lowest BCUT2D eigenvalue weighted by Crippen LogP contribution is -2.30. The lowest BCUT2D eigenvalue weighted by atomic mass is 9.83. The molecular weight excluding hydrogens is 266 g/mol. The van der Waals surface area contributed by atoms with Crippen LogP contribution in [-0.2, 0) is 19.6 Å². The smallest absolute Gasteiger partial charge is 0.311 e. The molecule has 1 unspecified atom stereocenters. The van der Waals surface area contributed by atoms with Crippen LogP contribution in [-0.4, -0.2) is 45.1 Å². The van der Waals surface area contributed by atoms with Crippen LogP contribution >= 0.6 is 0 Å². The van der Waals surface area contributed by atoms with Gasteiger partial charge in [-0.05, 0) is 26.2 Å². The molecule has 0 aliphatic carbocycles. The van der Waals surface area contributed by atoms with Crippen LogP contribution < -0.4 is 0 Å². The average molecular weight is 293 g/mol. The fourth-order valence-electron chi connectivity index (χ4n) is 1.74. The summed E-state index contributed by atoms with van der Waals surface area (Å²) in [6, 6.07) is 0. The van der Waals surface area contributed by atoms with E-state index in [0.717, 1.165) is 19.3 Å². The maximum atomic E-state index is 12.0. The van der Waals surface area contributed by atoms with E-state index in [2.05, 4.69) is 0 Å². The van der Waals surface area contributed by atoms with Crippen LogP contribution in [0.15, 0.2) is 0 Å². The fraction of sp³-hybridized carbons (Fsp3) is 0.923. The zero-order valence-corrected chi connectivity index (χ0v) is 13.5. The zero-order valence-electron chi connectivity index (χ0n) is 12.7. The second-order valence-corrected chi connectivity index (χ2v) is 7.55. The third-order valence-corrected chi connectivity index (χ3v) is 5.33. The summed E-state index contributed by atoms with van der Waals surface area (Å²) in [5.41, 5.74) is -0.449. The van der Waals surface area contributed by atoms with E-state index in [1.165, 1.54) is 18.4 Å². The van der Waals surface area contributed by atoms with Crippen molar-refractivity contribution in [1.82, 2.24) is 4.31 Å². The molecule has 0 aromatic carbocycles. The number of hydrogen-bond donors (Lipinski definition) is 0. The second kappa shape index (κ2) is 7.85. The largest absolute Gasteiger partial charge is 0.465 e. The molecule has 0 aromatic rings. The second-order valence-electron chi connectivity index (χ2n) is 5.25. The summed E-state index contributed by atoms with van der Waals surface area (Å²) < 4.78 is 29.4. The van der Waals surface area contributed by atoms with E-state index < -0.39 is 15.4 Å². The molecule has 0 radical (unpaired) electrons. The Morgan fingerprint density at radius 1 is 1.26 bits per heavy atom. The minimum Gasteiger partial charge on any atom is -0.465 e. The Morgan fingerprint density at radius 2 is 1.84 bits per heavy atom. The fourth-order valence-corrected chi connectivity index (χ4v) is 2.59. The standard InChI is InChI=1S/C13H27NO4S/c1-6-9-13(3,7-2)12(15)18-10-8-11-19(16,17)14(4)5/h6-11H2,1-5H3. The number of esters is 1. The van der Waals surface area contributed by atoms with E-state index in [1.54, 1.807) is 0 Å². The molecule has 1 atom stereocenters. The number of nitrogens with zero attached hydrogens (tertiary/aromatic N) is 1. The van der Waals surface area contributed by atoms with Gasteiger partial charge in [-0.15, -0.1) is 0 Å². The maximum Gasteiger partial charge on any atom is 0.311 e. The molecule has 0 aromatic heterocycles. The first-order valence-electron chi connectivity index (χ1n) is 6.77. The van der Waals surface area contributed by atoms with Crippen molar-refractivity contribution in [3.63, 3.8) is 0 Å². The summed E-state index contributed by atoms with van der Waals surface area (Å²) in [5.74, 6) is -0.219. The number of ether oxygens (including phenoxy) is 1. The van der Waals surface area contributed by atoms with Gasteiger partial charge in [-0.3, -0.25) is 4.79 Å². The minimum atomic E-state index is -3.21. The molecule has 0 bridgehead atoms. The van der Waals surface area contributed by atoms with Gasteiger partial charge in [0.25, 0.3) is 0 Å². The molecule has 0 spiro atoms. The van der Waals surface area contributed by atoms with Crippen LogP contribution in [0.3, 0.4) is 0 Å². The van der Waals surface area contributed by atoms with Crippen molar-refractivity contribution >= 4 is 16.0 Å². The molecule has 19 heavy (non-hydrogen) atoms. The van der Waals surface area contributed by atoms with Crippen LogP contribution in [0.4, 0.5) is 0 Å². The van der Waals surface area contributed by atoms with Crippen LogP contribution in [0.5, 0.6) is 0 Å². The lowest BCUT2D eigenvalue weighted by Gasteiger charge is -2.25. The Morgan fingerprint density at radius 3 is 2.26 bits per heavy atom. The molecule has 0 aliphatic heterocycles. The highest BCUT2D eigenvalue weighted by molar-refractivity contribution is 7.89. The zero-order chi connectivity index (χ0) is 15.1. The van der Waals surface area contributed by atoms with E-state index in [1.807, 2.05) is 20.8 Å². The van der Waals surface area contributed by atoms with Crippen molar-refractivity contribution < 1.29 is 17.9 Å². The molecule has 114 valence electrons. The van der Waals surface area contributed by atoms with Gasteiger partial charge in [-0.25, -0.2) is 12.7 Å². The average Bonchev–Trinajstić information content (AvgIpc) is 2.34. The summed E-state index contributed by atoms with van der Waals surface area (Å²) in [7, 11) is -0.212. The lowest BCUT2D eigenvalue weighted by molar-refractivity contribution is -0.155. The first kappa shape index (κ1) is 18.4. The van der Waals surface area contributed by atoms with Gasteiger partial charge in [-0.2, -0.15) is 0 Å². The van der Waals surface area contributed by atoms with E-state index in [4.69, 9.17) is 4.74 Å². The molecule has 0 fully saturated rings. The number of hydrogen-bond acceptors (Lipinski definition) is 4. The topological polar surface area (TPSA) is 63.7 Å². The predicted octanol–water partition coefficient (Wildman–Crippen LogP) is 2.03. The first-order chi connectivity index (χ1) is 8.69. The van der Waals surface area contributed by atoms with Crippen molar-refractivity contribution in [3.05, 3.63) is 0 Å². The van der Waals surface area contributed by atoms with Gasteiger partial charge in [0.2, 0.25) is 10.0 Å². The molecule has 0 aliphatic rings. The summed E-state index contributed by atoms with van der Waals surface area (Å²) >= 11 is 0. The third-order valence-electron chi connectivity index (χ3n) is 3.41. The SMILES string of the molecule is CCCC(C)(CC)C(=O)OCCCS(=O)(=O)N(C)C. The summed E-state index contributed by atoms with van der Waals surface area (Å²) in [5, 5.41) is 0. The third kappa shape index (κ3) is 5.91. The van der Waals surface area contributed by atoms with Crippen molar-refractivity contribution in [2.75, 3.05) is 26.5 Å². The van der Waals surface area contributed by atoms with Crippen molar-refractivity contribution in [1.29, 1.82) is 0 Å². The normalized spacial score (nSPS) is 15.3. The molecule has 5 nitrogen and oxygen atoms in total. The van der Waals surface area contributed by atoms with Gasteiger partial charge < -0.3 is 4.74 Å². The molecular formula is C13H27NO4S. The van der Waals surface area contributed by atoms with Gasteiger partial charge in [-0.1, -0.05) is 20.3 Å². The van der Waals surface area contributed by atoms with Crippen LogP contribution in [0, 0.1) is 5.41 Å². The number of rotatable bonds is 9. The van der Waals surface area contributed by atoms with Crippen LogP contribution in [0.25, 0.3) is 0 Å². The van der Waals surface area contributed by atoms with E-state index in [0.29, 0.717) is 6.42 Å². The van der Waals surface area contributed by atoms with E-state index in [-0.39, 0.29) is 18.3 Å². The van der Waals surface area contributed by atoms with Crippen molar-refractivity contribution in [2.24, 2.45) is 5.41 Å². The summed E-state index contributed by atoms with van der Waals surface area (Å²) in [6.45, 7) is 6.05. The molecule has 0 heterocycles. The Bertz CT molecular complexity index is 378. The Kier molecular flexibility index (Phi) is 7.59. The van der Waals surface area contributed by atoms with Gasteiger partial charge in [0.05, 0.1) is 17.8 Å². The summed E-state index contributed by atoms with van der Waals surface area (Å²) in [4.78, 5) is 12.0. The predicted molar refractivity (Wildman–Crippen MR) is 76.4 cm³/mol. The molecule has 0 saturated heterocycles. The van der Waals surface area contributed by atoms with Gasteiger partial charge in [0, 0.05) is 14.1 Å². The van der Waals surface area contributed by atoms with E-state index in [9.17, 15) is 13.2 Å². The highest BCUT2D eigenvalue weighted by atomic mass is 32.2. The number of carbonyl (C=O) groups excluding carboxylic acids is 1. The molecule has 6 heteroatoms. The quantitative estimate of drug-likeness (QED) is 0.482. The monoisotopic (exact) mass is 293 g/mol. The number of sulfonamides is 1. The molecule has 0 amide bonds. The van der Waals surface area contributed by atoms with Crippen molar-refractivity contribution in [3.8, 4) is 0 Å². The minimum absolute atomic E-state index is 0.00387. The van der Waals surface area contributed by atoms with Gasteiger partial charge in [0.1, 0.15) is 0 Å². The molecule has 0 N–H and O–H groups in total. The number of carbonyl (C=O) groups is 1. The maximum absolute atomic E-state index is 12.0. The molecule has 0 saturated carbocycles. The molecule has 0 rings (SSSR count). The van der Waals surface area contributed by atoms with Crippen LogP contribution in [0.1, 0.15) is 46.5 Å². The van der Waals surface area contributed by atoms with E-state index >= 15 is 0 Å². The highest BCUT2D eigenvalue weighted by Gasteiger charge is 2.31. The van der Waals surface area contributed by atoms with Crippen LogP contribution in [0.2, 0.25) is 0 Å². The first-order valence-corrected chi connectivity index (χ1v) is 8.38. The van der Waals surface area contributed by atoms with Gasteiger partial charge >= 0.3 is 5.97 Å². The highest BCUT2D eigenvalue weighted by Crippen LogP contribution is 2.28. The van der Waals surface area contributed by atoms with Gasteiger partial charge in [0.15, 0.2) is 0 Å².